The van der Waals surface area contributed by atoms with Crippen molar-refractivity contribution in [3.05, 3.63) is 0 Å². The zero-order chi connectivity index (χ0) is 11.8. The maximum absolute atomic E-state index is 11.4. The molecule has 5 nitrogen and oxygen atoms in total. The largest absolute Gasteiger partial charge is 0.367 e. The predicted molar refractivity (Wildman–Crippen MR) is 57.1 cm³/mol. The third-order valence-electron chi connectivity index (χ3n) is 2.04. The lowest BCUT2D eigenvalue weighted by molar-refractivity contribution is -0.144. The molecular formula is C9H17NO4P+. The lowest BCUT2D eigenvalue weighted by Crippen LogP contribution is -2.36. The molecule has 0 spiro atoms. The molecule has 1 atom stereocenters. The summed E-state index contributed by atoms with van der Waals surface area (Å²) >= 11 is 0. The molecule has 0 aliphatic carbocycles. The fourth-order valence-corrected chi connectivity index (χ4v) is 1.68. The molecular weight excluding hydrogens is 217 g/mol. The molecule has 0 aliphatic rings. The number of carbonyl (C=O) groups excluding carboxylic acids is 2. The molecule has 86 valence electrons. The van der Waals surface area contributed by atoms with Gasteiger partial charge in [0.25, 0.3) is 5.91 Å². The van der Waals surface area contributed by atoms with Gasteiger partial charge in [-0.3, -0.25) is 9.59 Å². The summed E-state index contributed by atoms with van der Waals surface area (Å²) in [6.45, 7) is 4.58. The summed E-state index contributed by atoms with van der Waals surface area (Å²) in [6, 6.07) is 0. The summed E-state index contributed by atoms with van der Waals surface area (Å²) in [5.74, 6) is -1.06. The number of Topliss-reactive ketones (excluding diaryl/α,β-unsaturated/α-hetero) is 1. The van der Waals surface area contributed by atoms with E-state index in [0.717, 1.165) is 0 Å². The number of ketones is 1. The zero-order valence-electron chi connectivity index (χ0n) is 9.10. The first kappa shape index (κ1) is 14.2. The topological polar surface area (TPSA) is 74.7 Å². The van der Waals surface area contributed by atoms with Crippen molar-refractivity contribution < 1.29 is 19.3 Å². The highest BCUT2D eigenvalue weighted by Crippen LogP contribution is 2.19. The summed E-state index contributed by atoms with van der Waals surface area (Å²) in [4.78, 5) is 24.2. The van der Waals surface area contributed by atoms with Crippen LogP contribution in [0.25, 0.3) is 0 Å². The van der Waals surface area contributed by atoms with Crippen LogP contribution in [0.1, 0.15) is 20.3 Å². The molecule has 15 heavy (non-hydrogen) atoms. The van der Waals surface area contributed by atoms with Crippen LogP contribution < -0.4 is 0 Å². The molecule has 0 heterocycles. The SMILES string of the molecule is CCN(CC)C(=O)C(=O)CC[P+](=O)CO. The van der Waals surface area contributed by atoms with E-state index in [1.54, 1.807) is 13.8 Å². The first-order chi connectivity index (χ1) is 7.06. The van der Waals surface area contributed by atoms with Crippen LogP contribution in [-0.2, 0) is 14.2 Å². The lowest BCUT2D eigenvalue weighted by Gasteiger charge is -2.16. The van der Waals surface area contributed by atoms with Gasteiger partial charge < -0.3 is 10.0 Å². The van der Waals surface area contributed by atoms with Gasteiger partial charge in [-0.05, 0) is 13.8 Å². The molecule has 0 saturated heterocycles. The number of hydrogen-bond acceptors (Lipinski definition) is 4. The Morgan fingerprint density at radius 3 is 2.20 bits per heavy atom. The third-order valence-corrected chi connectivity index (χ3v) is 3.07. The van der Waals surface area contributed by atoms with E-state index in [-0.39, 0.29) is 12.6 Å². The summed E-state index contributed by atoms with van der Waals surface area (Å²) in [5.41, 5.74) is 0. The first-order valence-corrected chi connectivity index (χ1v) is 6.54. The molecule has 1 amide bonds. The van der Waals surface area contributed by atoms with Crippen molar-refractivity contribution in [2.75, 3.05) is 25.6 Å². The number of aliphatic hydroxyl groups is 1. The fraction of sp³-hybridized carbons (Fsp3) is 0.778. The van der Waals surface area contributed by atoms with Crippen LogP contribution in [0.4, 0.5) is 0 Å². The van der Waals surface area contributed by atoms with E-state index in [0.29, 0.717) is 13.1 Å². The number of rotatable bonds is 7. The van der Waals surface area contributed by atoms with Gasteiger partial charge in [0.2, 0.25) is 12.1 Å². The second-order valence-electron chi connectivity index (χ2n) is 3.00. The van der Waals surface area contributed by atoms with E-state index in [1.165, 1.54) is 4.90 Å². The average molecular weight is 234 g/mol. The Kier molecular flexibility index (Phi) is 7.09. The molecule has 0 fully saturated rings. The minimum Gasteiger partial charge on any atom is -0.353 e. The first-order valence-electron chi connectivity index (χ1n) is 4.91. The van der Waals surface area contributed by atoms with Crippen molar-refractivity contribution in [2.45, 2.75) is 20.3 Å². The second kappa shape index (κ2) is 7.49. The lowest BCUT2D eigenvalue weighted by atomic mass is 10.2. The van der Waals surface area contributed by atoms with E-state index < -0.39 is 25.8 Å². The smallest absolute Gasteiger partial charge is 0.353 e. The fourth-order valence-electron chi connectivity index (χ4n) is 1.09. The van der Waals surface area contributed by atoms with Crippen molar-refractivity contribution in [1.29, 1.82) is 0 Å². The quantitative estimate of drug-likeness (QED) is 0.516. The Hall–Kier alpha value is -0.800. The van der Waals surface area contributed by atoms with E-state index in [2.05, 4.69) is 0 Å². The van der Waals surface area contributed by atoms with Crippen molar-refractivity contribution in [3.8, 4) is 0 Å². The maximum Gasteiger partial charge on any atom is 0.367 e. The summed E-state index contributed by atoms with van der Waals surface area (Å²) < 4.78 is 10.9. The minimum atomic E-state index is -1.75. The van der Waals surface area contributed by atoms with Crippen LogP contribution in [0.3, 0.4) is 0 Å². The van der Waals surface area contributed by atoms with Crippen LogP contribution in [0.15, 0.2) is 0 Å². The standard InChI is InChI=1S/C9H17NO4P/c1-3-10(4-2)9(13)8(12)5-6-15(14)7-11/h11H,3-7H2,1-2H3/q+1. The van der Waals surface area contributed by atoms with Gasteiger partial charge in [0.05, 0.1) is 6.42 Å². The zero-order valence-corrected chi connectivity index (χ0v) is 10.00. The van der Waals surface area contributed by atoms with Gasteiger partial charge in [0.1, 0.15) is 0 Å². The second-order valence-corrected chi connectivity index (χ2v) is 4.69. The summed E-state index contributed by atoms with van der Waals surface area (Å²) in [6.07, 6.45) is -0.398. The Labute approximate surface area is 90.2 Å². The van der Waals surface area contributed by atoms with Gasteiger partial charge in [-0.15, -0.1) is 0 Å². The number of hydrogen-bond donors (Lipinski definition) is 1. The van der Waals surface area contributed by atoms with Gasteiger partial charge in [-0.2, -0.15) is 0 Å². The van der Waals surface area contributed by atoms with Crippen molar-refractivity contribution in [2.24, 2.45) is 0 Å². The third kappa shape index (κ3) is 5.00. The van der Waals surface area contributed by atoms with Gasteiger partial charge in [0.15, 0.2) is 6.16 Å². The monoisotopic (exact) mass is 234 g/mol. The molecule has 1 unspecified atom stereocenters. The van der Waals surface area contributed by atoms with Crippen molar-refractivity contribution in [3.63, 3.8) is 0 Å². The summed E-state index contributed by atoms with van der Waals surface area (Å²) in [7, 11) is -1.75. The average Bonchev–Trinajstić information content (AvgIpc) is 2.26. The number of nitrogens with zero attached hydrogens (tertiary/aromatic N) is 1. The highest BCUT2D eigenvalue weighted by molar-refractivity contribution is 7.44. The number of amides is 1. The van der Waals surface area contributed by atoms with Gasteiger partial charge >= 0.3 is 7.80 Å². The number of likely N-dealkylation sites (N-methyl/N-ethyl adjacent to an activating group) is 1. The predicted octanol–water partition coefficient (Wildman–Crippen LogP) is 0.591. The highest BCUT2D eigenvalue weighted by Gasteiger charge is 2.23. The molecule has 0 aromatic carbocycles. The van der Waals surface area contributed by atoms with Crippen LogP contribution >= 0.6 is 7.80 Å². The molecule has 0 aromatic heterocycles. The molecule has 6 heteroatoms. The van der Waals surface area contributed by atoms with E-state index >= 15 is 0 Å². The molecule has 1 N–H and O–H groups in total. The minimum absolute atomic E-state index is 0.0505. The van der Waals surface area contributed by atoms with Crippen molar-refractivity contribution in [1.82, 2.24) is 4.90 Å². The van der Waals surface area contributed by atoms with E-state index in [4.69, 9.17) is 5.11 Å². The van der Waals surface area contributed by atoms with Crippen LogP contribution in [-0.4, -0.2) is 47.3 Å². The van der Waals surface area contributed by atoms with Gasteiger partial charge in [-0.25, -0.2) is 0 Å². The van der Waals surface area contributed by atoms with Crippen molar-refractivity contribution >= 4 is 19.5 Å². The molecule has 0 radical (unpaired) electrons. The molecule has 0 rings (SSSR count). The maximum atomic E-state index is 11.4. The normalized spacial score (nSPS) is 11.0. The van der Waals surface area contributed by atoms with Crippen LogP contribution in [0.2, 0.25) is 0 Å². The van der Waals surface area contributed by atoms with E-state index in [1.807, 2.05) is 0 Å². The Bertz CT molecular complexity index is 250. The Morgan fingerprint density at radius 1 is 1.27 bits per heavy atom. The molecule has 0 saturated carbocycles. The molecule has 0 bridgehead atoms. The van der Waals surface area contributed by atoms with E-state index in [9.17, 15) is 14.2 Å². The molecule has 0 aromatic rings. The number of carbonyl (C=O) groups is 2. The highest BCUT2D eigenvalue weighted by atomic mass is 31.1. The van der Waals surface area contributed by atoms with Crippen LogP contribution in [0.5, 0.6) is 0 Å². The van der Waals surface area contributed by atoms with Gasteiger partial charge in [0, 0.05) is 13.1 Å². The van der Waals surface area contributed by atoms with Crippen LogP contribution in [0, 0.1) is 0 Å². The Balaban J connectivity index is 4.09. The number of aliphatic hydroxyl groups excluding tert-OH is 1. The van der Waals surface area contributed by atoms with Gasteiger partial charge in [-0.1, -0.05) is 4.57 Å². The summed E-state index contributed by atoms with van der Waals surface area (Å²) in [5, 5.41) is 8.50. The Morgan fingerprint density at radius 2 is 1.80 bits per heavy atom. The molecule has 0 aliphatic heterocycles.